The zero-order chi connectivity index (χ0) is 38.4. The van der Waals surface area contributed by atoms with E-state index in [1.165, 1.54) is 24.3 Å². The van der Waals surface area contributed by atoms with Crippen molar-refractivity contribution in [3.05, 3.63) is 68.5 Å². The van der Waals surface area contributed by atoms with Gasteiger partial charge in [0.25, 0.3) is 30.4 Å². The third-order valence-corrected chi connectivity index (χ3v) is 10.9. The fourth-order valence-corrected chi connectivity index (χ4v) is 7.95. The van der Waals surface area contributed by atoms with Crippen molar-refractivity contribution < 1.29 is 48.4 Å². The summed E-state index contributed by atoms with van der Waals surface area (Å²) in [7, 11) is -14.8. The molecule has 26 heteroatoms. The maximum atomic E-state index is 12.9. The number of nitrogens with two attached hydrogens (primary N) is 2. The van der Waals surface area contributed by atoms with Crippen LogP contribution in [0.25, 0.3) is 0 Å². The van der Waals surface area contributed by atoms with Crippen molar-refractivity contribution >= 4 is 111 Å². The number of nitrogens with one attached hydrogen (secondary N) is 2. The first-order valence-corrected chi connectivity index (χ1v) is 19.4. The molecule has 0 aliphatic carbocycles. The summed E-state index contributed by atoms with van der Waals surface area (Å²) in [5.41, 5.74) is 10.2. The molecule has 0 amide bonds. The van der Waals surface area contributed by atoms with Crippen LogP contribution in [0.3, 0.4) is 0 Å². The Hall–Kier alpha value is -5.11. The van der Waals surface area contributed by atoms with Crippen LogP contribution in [0.1, 0.15) is 0 Å². The van der Waals surface area contributed by atoms with Gasteiger partial charge < -0.3 is 31.6 Å². The lowest BCUT2D eigenvalue weighted by molar-refractivity contribution is 0.428. The van der Waals surface area contributed by atoms with Gasteiger partial charge in [0.05, 0.1) is 17.1 Å². The van der Waals surface area contributed by atoms with Gasteiger partial charge in [-0.15, -0.1) is 0 Å². The first kappa shape index (κ1) is 36.3. The highest BCUT2D eigenvalue weighted by molar-refractivity contribution is 7.86. The van der Waals surface area contributed by atoms with Crippen LogP contribution in [0.2, 0.25) is 15.3 Å². The monoisotopic (exact) mass is 843 g/mol. The zero-order valence-electron chi connectivity index (χ0n) is 25.4. The van der Waals surface area contributed by atoms with Crippen molar-refractivity contribution in [2.75, 3.05) is 22.1 Å². The number of hydrogen-bond donors (Lipinski definition) is 7. The minimum Gasteiger partial charge on any atom is -0.450 e. The number of nitrogens with zero attached hydrogens (tertiary/aromatic N) is 5. The first-order chi connectivity index (χ1) is 24.7. The molecule has 53 heavy (non-hydrogen) atoms. The van der Waals surface area contributed by atoms with Crippen LogP contribution >= 0.6 is 34.8 Å². The van der Waals surface area contributed by atoms with Gasteiger partial charge in [-0.05, 0) is 54.1 Å². The molecule has 4 aromatic carbocycles. The van der Waals surface area contributed by atoms with E-state index >= 15 is 0 Å². The van der Waals surface area contributed by atoms with Crippen molar-refractivity contribution in [2.24, 2.45) is 9.98 Å². The summed E-state index contributed by atoms with van der Waals surface area (Å²) in [5.74, 6) is -2.30. The van der Waals surface area contributed by atoms with E-state index in [4.69, 9.17) is 55.7 Å². The van der Waals surface area contributed by atoms with Gasteiger partial charge in [-0.3, -0.25) is 13.7 Å². The topological polar surface area (TPSA) is 321 Å². The fraction of sp³-hybridized carbons (Fsp3) is 0. The molecule has 0 bridgehead atoms. The number of ether oxygens (including phenoxy) is 2. The minimum atomic E-state index is -5.17. The summed E-state index contributed by atoms with van der Waals surface area (Å²) < 4.78 is 115. The van der Waals surface area contributed by atoms with Gasteiger partial charge >= 0.3 is 0 Å². The van der Waals surface area contributed by atoms with Crippen LogP contribution in [-0.2, 0) is 30.4 Å². The van der Waals surface area contributed by atoms with E-state index in [0.29, 0.717) is 0 Å². The SMILES string of the molecule is Nc1ccc(Nc2nc(Cl)nc(Nc3ccc4c(c3S(=O)(=O)O)Oc3c(Cl)c5c(c(Cl)c3=N4)Oc3c(ccc(N)c3S(=O)(=O)O)N=5)n2)cc1S(=O)(=O)O. The Kier molecular flexibility index (Phi) is 8.55. The summed E-state index contributed by atoms with van der Waals surface area (Å²) >= 11 is 19.3. The van der Waals surface area contributed by atoms with E-state index in [9.17, 15) is 38.9 Å². The molecule has 274 valence electrons. The normalized spacial score (nSPS) is 13.2. The smallest absolute Gasteiger partial charge is 0.300 e. The van der Waals surface area contributed by atoms with Gasteiger partial charge in [0.2, 0.25) is 17.2 Å². The van der Waals surface area contributed by atoms with Gasteiger partial charge in [0.15, 0.2) is 32.8 Å². The summed E-state index contributed by atoms with van der Waals surface area (Å²) in [6.45, 7) is 0. The van der Waals surface area contributed by atoms with Gasteiger partial charge in [-0.2, -0.15) is 40.2 Å². The Morgan fingerprint density at radius 1 is 0.604 bits per heavy atom. The molecule has 0 spiro atoms. The minimum absolute atomic E-state index is 0.0440. The molecule has 2 aliphatic heterocycles. The van der Waals surface area contributed by atoms with Crippen LogP contribution in [0, 0.1) is 0 Å². The van der Waals surface area contributed by atoms with E-state index in [-0.39, 0.29) is 78.3 Å². The highest BCUT2D eigenvalue weighted by Crippen LogP contribution is 2.48. The number of rotatable bonds is 7. The van der Waals surface area contributed by atoms with Gasteiger partial charge in [-0.1, -0.05) is 23.2 Å². The second-order valence-corrected chi connectivity index (χ2v) is 15.9. The van der Waals surface area contributed by atoms with Crippen molar-refractivity contribution in [1.82, 2.24) is 15.0 Å². The van der Waals surface area contributed by atoms with Gasteiger partial charge in [-0.25, -0.2) is 9.98 Å². The molecule has 7 rings (SSSR count). The van der Waals surface area contributed by atoms with E-state index in [1.807, 2.05) is 0 Å². The van der Waals surface area contributed by atoms with Gasteiger partial charge in [0.1, 0.15) is 37.0 Å². The average Bonchev–Trinajstić information content (AvgIpc) is 3.04. The van der Waals surface area contributed by atoms with E-state index in [1.54, 1.807) is 0 Å². The van der Waals surface area contributed by atoms with E-state index in [0.717, 1.165) is 18.2 Å². The molecule has 0 atom stereocenters. The molecule has 0 unspecified atom stereocenters. The van der Waals surface area contributed by atoms with Crippen LogP contribution < -0.4 is 42.3 Å². The average molecular weight is 845 g/mol. The predicted octanol–water partition coefficient (Wildman–Crippen LogP) is 4.34. The second kappa shape index (κ2) is 12.5. The molecule has 0 fully saturated rings. The lowest BCUT2D eigenvalue weighted by Gasteiger charge is -2.23. The lowest BCUT2D eigenvalue weighted by atomic mass is 10.2. The number of nitrogen functional groups attached to an aromatic ring is 2. The largest absolute Gasteiger partial charge is 0.450 e. The van der Waals surface area contributed by atoms with E-state index < -0.39 is 61.8 Å². The number of aromatic nitrogens is 3. The van der Waals surface area contributed by atoms with Crippen LogP contribution in [0.15, 0.2) is 67.1 Å². The van der Waals surface area contributed by atoms with Crippen molar-refractivity contribution in [3.8, 4) is 23.0 Å². The highest BCUT2D eigenvalue weighted by atomic mass is 35.5. The second-order valence-electron chi connectivity index (χ2n) is 10.7. The van der Waals surface area contributed by atoms with Gasteiger partial charge in [0, 0.05) is 5.69 Å². The fourth-order valence-electron chi connectivity index (χ4n) is 5.11. The molecular formula is C27H16Cl3N9O11S3. The molecule has 3 heterocycles. The quantitative estimate of drug-likeness (QED) is 0.0866. The zero-order valence-corrected chi connectivity index (χ0v) is 30.1. The number of benzene rings is 4. The Bertz CT molecular complexity index is 2960. The lowest BCUT2D eigenvalue weighted by Crippen LogP contribution is -2.23. The molecular weight excluding hydrogens is 829 g/mol. The molecule has 0 radical (unpaired) electrons. The van der Waals surface area contributed by atoms with Crippen LogP contribution in [0.5, 0.6) is 23.0 Å². The van der Waals surface area contributed by atoms with E-state index in [2.05, 4.69) is 35.6 Å². The van der Waals surface area contributed by atoms with Crippen molar-refractivity contribution in [1.29, 1.82) is 0 Å². The summed E-state index contributed by atoms with van der Waals surface area (Å²) in [4.78, 5) is 18.3. The maximum Gasteiger partial charge on any atom is 0.300 e. The Morgan fingerprint density at radius 2 is 1.11 bits per heavy atom. The number of anilines is 6. The molecule has 5 aromatic rings. The molecule has 20 nitrogen and oxygen atoms in total. The Balaban J connectivity index is 1.31. The third-order valence-electron chi connectivity index (χ3n) is 7.25. The highest BCUT2D eigenvalue weighted by Gasteiger charge is 2.34. The first-order valence-electron chi connectivity index (χ1n) is 13.9. The summed E-state index contributed by atoms with van der Waals surface area (Å²) in [6, 6.07) is 8.36. The Morgan fingerprint density at radius 3 is 1.66 bits per heavy atom. The number of fused-ring (bicyclic) bond motifs is 4. The van der Waals surface area contributed by atoms with Crippen molar-refractivity contribution in [3.63, 3.8) is 0 Å². The maximum absolute atomic E-state index is 12.9. The standard InChI is InChI=1S/C27H16Cl3N9O11S3/c28-15-18-22(16(29)17-21(15)49-19-11(34-17)4-3-10(32)23(19)52(43,44)45)50-20-12(35-18)5-6-13(24(20)53(46,47)48)36-27-38-25(30)37-26(39-27)33-8-1-2-9(31)14(7-8)51(40,41)42/h1-7H,31-32H2,(H,40,41,42)(H,43,44,45)(H,46,47,48)(H2,33,36,37,38,39). The number of hydrogen-bond acceptors (Lipinski definition) is 17. The van der Waals surface area contributed by atoms with Crippen LogP contribution in [0.4, 0.5) is 46.0 Å². The van der Waals surface area contributed by atoms with Crippen molar-refractivity contribution in [2.45, 2.75) is 14.7 Å². The molecule has 0 saturated carbocycles. The Labute approximate surface area is 311 Å². The van der Waals surface area contributed by atoms with Crippen LogP contribution in [-0.4, -0.2) is 53.9 Å². The summed E-state index contributed by atoms with van der Waals surface area (Å²) in [6.07, 6.45) is 0. The molecule has 0 saturated heterocycles. The molecule has 9 N–H and O–H groups in total. The molecule has 2 aliphatic rings. The third kappa shape index (κ3) is 6.57. The predicted molar refractivity (Wildman–Crippen MR) is 187 cm³/mol. The summed E-state index contributed by atoms with van der Waals surface area (Å²) in [5, 5.41) is 3.77. The number of halogens is 3. The molecule has 1 aromatic heterocycles.